The van der Waals surface area contributed by atoms with Crippen molar-refractivity contribution < 1.29 is 22.3 Å². The number of rotatable bonds is 2. The first-order chi connectivity index (χ1) is 8.80. The quantitative estimate of drug-likeness (QED) is 0.837. The van der Waals surface area contributed by atoms with E-state index in [2.05, 4.69) is 5.32 Å². The van der Waals surface area contributed by atoms with Crippen molar-refractivity contribution >= 4 is 0 Å². The molecule has 1 fully saturated rings. The summed E-state index contributed by atoms with van der Waals surface area (Å²) in [6.45, 7) is 3.34. The maximum Gasteiger partial charge on any atom is 0.416 e. The summed E-state index contributed by atoms with van der Waals surface area (Å²) < 4.78 is 56.5. The maximum absolute atomic E-state index is 13.7. The van der Waals surface area contributed by atoms with Gasteiger partial charge >= 0.3 is 6.18 Å². The van der Waals surface area contributed by atoms with E-state index in [-0.39, 0.29) is 5.75 Å². The fraction of sp³-hybridized carbons (Fsp3) is 0.538. The molecule has 2 rings (SSSR count). The first kappa shape index (κ1) is 14.1. The summed E-state index contributed by atoms with van der Waals surface area (Å²) in [5.41, 5.74) is -1.54. The molecule has 2 nitrogen and oxygen atoms in total. The first-order valence-corrected chi connectivity index (χ1v) is 6.07. The second-order valence-corrected chi connectivity index (χ2v) is 4.94. The van der Waals surface area contributed by atoms with Gasteiger partial charge in [-0.1, -0.05) is 0 Å². The van der Waals surface area contributed by atoms with Crippen LogP contribution >= 0.6 is 0 Å². The molecular weight excluding hydrogens is 262 g/mol. The molecule has 1 N–H and O–H groups in total. The van der Waals surface area contributed by atoms with Gasteiger partial charge in [-0.05, 0) is 51.1 Å². The van der Waals surface area contributed by atoms with Crippen LogP contribution in [0.2, 0.25) is 0 Å². The number of alkyl halides is 3. The molecule has 0 radical (unpaired) electrons. The largest absolute Gasteiger partial charge is 0.484 e. The number of halogens is 4. The zero-order chi connectivity index (χ0) is 14.1. The molecule has 1 saturated heterocycles. The molecule has 0 saturated carbocycles. The predicted molar refractivity (Wildman–Crippen MR) is 62.5 cm³/mol. The van der Waals surface area contributed by atoms with Crippen LogP contribution in [-0.4, -0.2) is 18.7 Å². The minimum Gasteiger partial charge on any atom is -0.484 e. The molecule has 6 heteroatoms. The van der Waals surface area contributed by atoms with Gasteiger partial charge in [0.1, 0.15) is 5.60 Å². The minimum absolute atomic E-state index is 0.127. The van der Waals surface area contributed by atoms with Crippen LogP contribution in [0, 0.1) is 5.82 Å². The van der Waals surface area contributed by atoms with Crippen molar-refractivity contribution in [2.75, 3.05) is 13.1 Å². The summed E-state index contributed by atoms with van der Waals surface area (Å²) in [5.74, 6) is -1.10. The lowest BCUT2D eigenvalue weighted by atomic mass is 9.94. The highest BCUT2D eigenvalue weighted by Gasteiger charge is 2.33. The molecule has 0 aliphatic carbocycles. The van der Waals surface area contributed by atoms with Gasteiger partial charge in [-0.3, -0.25) is 0 Å². The van der Waals surface area contributed by atoms with Crippen LogP contribution in [0.1, 0.15) is 25.3 Å². The van der Waals surface area contributed by atoms with E-state index in [0.29, 0.717) is 18.9 Å². The minimum atomic E-state index is -4.54. The third-order valence-corrected chi connectivity index (χ3v) is 3.28. The van der Waals surface area contributed by atoms with Crippen molar-refractivity contribution in [2.45, 2.75) is 31.5 Å². The van der Waals surface area contributed by atoms with Gasteiger partial charge in [-0.15, -0.1) is 0 Å². The van der Waals surface area contributed by atoms with Crippen molar-refractivity contribution in [3.63, 3.8) is 0 Å². The fourth-order valence-electron chi connectivity index (χ4n) is 2.08. The third-order valence-electron chi connectivity index (χ3n) is 3.28. The number of hydrogen-bond acceptors (Lipinski definition) is 2. The van der Waals surface area contributed by atoms with Crippen molar-refractivity contribution in [2.24, 2.45) is 0 Å². The van der Waals surface area contributed by atoms with Gasteiger partial charge in [0.25, 0.3) is 0 Å². The van der Waals surface area contributed by atoms with Crippen LogP contribution in [0.3, 0.4) is 0 Å². The van der Waals surface area contributed by atoms with Crippen molar-refractivity contribution in [3.05, 3.63) is 29.6 Å². The maximum atomic E-state index is 13.7. The predicted octanol–water partition coefficient (Wildman–Crippen LogP) is 3.37. The summed E-state index contributed by atoms with van der Waals surface area (Å²) in [5, 5.41) is 3.15. The van der Waals surface area contributed by atoms with Crippen LogP contribution in [0.5, 0.6) is 5.75 Å². The van der Waals surface area contributed by atoms with Crippen LogP contribution in [0.25, 0.3) is 0 Å². The van der Waals surface area contributed by atoms with Crippen LogP contribution in [0.15, 0.2) is 18.2 Å². The Hall–Kier alpha value is -1.30. The summed E-state index contributed by atoms with van der Waals surface area (Å²) in [6, 6.07) is 2.36. The Bertz CT molecular complexity index is 452. The third kappa shape index (κ3) is 3.37. The summed E-state index contributed by atoms with van der Waals surface area (Å²) in [4.78, 5) is 0. The average molecular weight is 277 g/mol. The molecule has 0 aromatic heterocycles. The molecule has 1 aromatic rings. The van der Waals surface area contributed by atoms with E-state index < -0.39 is 23.2 Å². The van der Waals surface area contributed by atoms with Gasteiger partial charge in [-0.25, -0.2) is 4.39 Å². The van der Waals surface area contributed by atoms with Crippen LogP contribution < -0.4 is 10.1 Å². The molecule has 1 aromatic carbocycles. The highest BCUT2D eigenvalue weighted by Crippen LogP contribution is 2.34. The second kappa shape index (κ2) is 5.00. The first-order valence-electron chi connectivity index (χ1n) is 6.07. The monoisotopic (exact) mass is 277 g/mol. The summed E-state index contributed by atoms with van der Waals surface area (Å²) in [7, 11) is 0. The zero-order valence-corrected chi connectivity index (χ0v) is 10.5. The topological polar surface area (TPSA) is 21.3 Å². The molecule has 0 atom stereocenters. The molecular formula is C13H15F4NO. The number of benzene rings is 1. The standard InChI is InChI=1S/C13H15F4NO/c1-12(4-6-18-7-5-12)19-11-3-2-9(8-10(11)14)13(15,16)17/h2-3,8,18H,4-7H2,1H3. The van der Waals surface area contributed by atoms with Gasteiger partial charge in [-0.2, -0.15) is 13.2 Å². The van der Waals surface area contributed by atoms with Crippen molar-refractivity contribution in [1.29, 1.82) is 0 Å². The Morgan fingerprint density at radius 1 is 1.21 bits per heavy atom. The zero-order valence-electron chi connectivity index (χ0n) is 10.5. The molecule has 0 spiro atoms. The van der Waals surface area contributed by atoms with Crippen LogP contribution in [-0.2, 0) is 6.18 Å². The van der Waals surface area contributed by atoms with E-state index in [0.717, 1.165) is 25.2 Å². The normalized spacial score (nSPS) is 19.2. The fourth-order valence-corrected chi connectivity index (χ4v) is 2.08. The average Bonchev–Trinajstić information content (AvgIpc) is 2.31. The molecule has 1 aliphatic rings. The SMILES string of the molecule is CC1(Oc2ccc(C(F)(F)F)cc2F)CCNCC1. The van der Waals surface area contributed by atoms with E-state index in [1.807, 2.05) is 6.92 Å². The molecule has 0 unspecified atom stereocenters. The molecule has 0 bridgehead atoms. The Morgan fingerprint density at radius 2 is 1.84 bits per heavy atom. The summed E-state index contributed by atoms with van der Waals surface area (Å²) >= 11 is 0. The Kier molecular flexibility index (Phi) is 3.71. The van der Waals surface area contributed by atoms with Gasteiger partial charge in [0, 0.05) is 0 Å². The Morgan fingerprint density at radius 3 is 2.37 bits per heavy atom. The molecule has 1 aliphatic heterocycles. The van der Waals surface area contributed by atoms with E-state index in [1.165, 1.54) is 0 Å². The van der Waals surface area contributed by atoms with E-state index >= 15 is 0 Å². The van der Waals surface area contributed by atoms with Gasteiger partial charge in [0.2, 0.25) is 0 Å². The van der Waals surface area contributed by atoms with Crippen molar-refractivity contribution in [1.82, 2.24) is 5.32 Å². The molecule has 19 heavy (non-hydrogen) atoms. The lowest BCUT2D eigenvalue weighted by molar-refractivity contribution is -0.137. The lowest BCUT2D eigenvalue weighted by Crippen LogP contribution is -2.44. The molecule has 106 valence electrons. The molecule has 1 heterocycles. The van der Waals surface area contributed by atoms with E-state index in [4.69, 9.17) is 4.74 Å². The van der Waals surface area contributed by atoms with E-state index in [9.17, 15) is 17.6 Å². The highest BCUT2D eigenvalue weighted by molar-refractivity contribution is 5.31. The Balaban J connectivity index is 2.17. The van der Waals surface area contributed by atoms with Crippen molar-refractivity contribution in [3.8, 4) is 5.75 Å². The van der Waals surface area contributed by atoms with Gasteiger partial charge < -0.3 is 10.1 Å². The molecule has 0 amide bonds. The van der Waals surface area contributed by atoms with Gasteiger partial charge in [0.15, 0.2) is 11.6 Å². The second-order valence-electron chi connectivity index (χ2n) is 4.94. The lowest BCUT2D eigenvalue weighted by Gasteiger charge is -2.34. The number of piperidine rings is 1. The smallest absolute Gasteiger partial charge is 0.416 e. The summed E-state index contributed by atoms with van der Waals surface area (Å²) in [6.07, 6.45) is -3.17. The van der Waals surface area contributed by atoms with Gasteiger partial charge in [0.05, 0.1) is 5.56 Å². The number of nitrogens with one attached hydrogen (secondary N) is 1. The number of hydrogen-bond donors (Lipinski definition) is 1. The highest BCUT2D eigenvalue weighted by atomic mass is 19.4. The number of ether oxygens (including phenoxy) is 1. The Labute approximate surface area is 108 Å². The van der Waals surface area contributed by atoms with Crippen LogP contribution in [0.4, 0.5) is 17.6 Å². The van der Waals surface area contributed by atoms with E-state index in [1.54, 1.807) is 0 Å².